The molecular formula is C20H32N4O. The lowest BCUT2D eigenvalue weighted by atomic mass is 10.1. The molecule has 2 fully saturated rings. The number of carbonyl (C=O) groups is 1. The molecule has 2 aliphatic rings. The molecule has 2 atom stereocenters. The number of nitrogens with one attached hydrogen (secondary N) is 2. The molecule has 25 heavy (non-hydrogen) atoms. The number of rotatable bonds is 6. The van der Waals surface area contributed by atoms with Gasteiger partial charge in [-0.15, -0.1) is 0 Å². The van der Waals surface area contributed by atoms with Crippen LogP contribution in [0.3, 0.4) is 0 Å². The number of amides is 2. The summed E-state index contributed by atoms with van der Waals surface area (Å²) in [7, 11) is 0. The molecule has 0 aliphatic carbocycles. The minimum atomic E-state index is -0.0128. The van der Waals surface area contributed by atoms with Crippen molar-refractivity contribution in [1.82, 2.24) is 15.5 Å². The Morgan fingerprint density at radius 3 is 2.32 bits per heavy atom. The van der Waals surface area contributed by atoms with Gasteiger partial charge < -0.3 is 20.4 Å². The van der Waals surface area contributed by atoms with E-state index in [9.17, 15) is 4.79 Å². The van der Waals surface area contributed by atoms with E-state index in [1.165, 1.54) is 12.1 Å². The average molecular weight is 345 g/mol. The van der Waals surface area contributed by atoms with Gasteiger partial charge in [0, 0.05) is 44.5 Å². The van der Waals surface area contributed by atoms with Crippen LogP contribution in [0.4, 0.5) is 10.5 Å². The van der Waals surface area contributed by atoms with Gasteiger partial charge in [0.05, 0.1) is 0 Å². The Hall–Kier alpha value is -1.75. The number of hydrogen-bond donors (Lipinski definition) is 2. The van der Waals surface area contributed by atoms with Crippen LogP contribution in [-0.2, 0) is 0 Å². The smallest absolute Gasteiger partial charge is 0.314 e. The van der Waals surface area contributed by atoms with Gasteiger partial charge in [0.15, 0.2) is 0 Å². The monoisotopic (exact) mass is 344 g/mol. The number of likely N-dealkylation sites (tertiary alicyclic amines) is 1. The Bertz CT molecular complexity index is 548. The lowest BCUT2D eigenvalue weighted by molar-refractivity contribution is 0.235. The van der Waals surface area contributed by atoms with E-state index < -0.39 is 0 Å². The summed E-state index contributed by atoms with van der Waals surface area (Å²) in [6.07, 6.45) is 2.33. The van der Waals surface area contributed by atoms with Crippen LogP contribution in [0.2, 0.25) is 0 Å². The first-order valence-corrected chi connectivity index (χ1v) is 9.67. The average Bonchev–Trinajstić information content (AvgIpc) is 3.28. The molecule has 0 unspecified atom stereocenters. The van der Waals surface area contributed by atoms with E-state index in [2.05, 4.69) is 58.5 Å². The quantitative estimate of drug-likeness (QED) is 0.834. The maximum atomic E-state index is 12.1. The van der Waals surface area contributed by atoms with E-state index in [-0.39, 0.29) is 6.03 Å². The second-order valence-electron chi connectivity index (χ2n) is 7.77. The van der Waals surface area contributed by atoms with Crippen molar-refractivity contribution in [2.75, 3.05) is 44.2 Å². The fraction of sp³-hybridized carbons (Fsp3) is 0.650. The van der Waals surface area contributed by atoms with Crippen LogP contribution in [0.1, 0.15) is 26.7 Å². The third-order valence-electron chi connectivity index (χ3n) is 5.56. The molecule has 0 radical (unpaired) electrons. The first-order valence-electron chi connectivity index (χ1n) is 9.67. The predicted molar refractivity (Wildman–Crippen MR) is 103 cm³/mol. The van der Waals surface area contributed by atoms with Crippen LogP contribution in [0.15, 0.2) is 30.3 Å². The predicted octanol–water partition coefficient (Wildman–Crippen LogP) is 2.54. The zero-order valence-electron chi connectivity index (χ0n) is 15.6. The number of carbonyl (C=O) groups excluding carboxylic acids is 1. The Morgan fingerprint density at radius 1 is 1.04 bits per heavy atom. The highest BCUT2D eigenvalue weighted by Gasteiger charge is 2.25. The van der Waals surface area contributed by atoms with Crippen molar-refractivity contribution < 1.29 is 4.79 Å². The van der Waals surface area contributed by atoms with Gasteiger partial charge in [-0.25, -0.2) is 4.79 Å². The summed E-state index contributed by atoms with van der Waals surface area (Å²) in [5.41, 5.74) is 1.28. The van der Waals surface area contributed by atoms with Crippen LogP contribution in [-0.4, -0.2) is 56.2 Å². The summed E-state index contributed by atoms with van der Waals surface area (Å²) in [6.45, 7) is 10.4. The van der Waals surface area contributed by atoms with Crippen LogP contribution < -0.4 is 15.5 Å². The number of nitrogens with zero attached hydrogens (tertiary/aromatic N) is 2. The number of urea groups is 1. The first kappa shape index (κ1) is 18.1. The molecule has 0 bridgehead atoms. The normalized spacial score (nSPS) is 24.0. The van der Waals surface area contributed by atoms with Crippen LogP contribution in [0, 0.1) is 11.8 Å². The van der Waals surface area contributed by atoms with Gasteiger partial charge in [-0.3, -0.25) is 0 Å². The molecule has 2 amide bonds. The van der Waals surface area contributed by atoms with Gasteiger partial charge in [-0.2, -0.15) is 0 Å². The van der Waals surface area contributed by atoms with Crippen molar-refractivity contribution in [3.05, 3.63) is 30.3 Å². The fourth-order valence-corrected chi connectivity index (χ4v) is 3.91. The zero-order chi connectivity index (χ0) is 17.6. The molecule has 3 rings (SSSR count). The number of anilines is 1. The van der Waals surface area contributed by atoms with Crippen LogP contribution >= 0.6 is 0 Å². The molecule has 2 heterocycles. The number of hydrogen-bond acceptors (Lipinski definition) is 3. The van der Waals surface area contributed by atoms with E-state index in [4.69, 9.17) is 0 Å². The molecule has 0 aromatic heterocycles. The van der Waals surface area contributed by atoms with Crippen molar-refractivity contribution in [2.24, 2.45) is 11.8 Å². The Balaban J connectivity index is 1.32. The maximum Gasteiger partial charge on any atom is 0.314 e. The van der Waals surface area contributed by atoms with E-state index in [0.717, 1.165) is 45.7 Å². The van der Waals surface area contributed by atoms with Crippen LogP contribution in [0.25, 0.3) is 0 Å². The molecule has 5 heteroatoms. The van der Waals surface area contributed by atoms with Crippen molar-refractivity contribution in [3.63, 3.8) is 0 Å². The third-order valence-corrected chi connectivity index (χ3v) is 5.56. The van der Waals surface area contributed by atoms with Gasteiger partial charge in [0.25, 0.3) is 0 Å². The lowest BCUT2D eigenvalue weighted by Gasteiger charge is -2.20. The van der Waals surface area contributed by atoms with Crippen LogP contribution in [0.5, 0.6) is 0 Å². The molecule has 0 spiro atoms. The lowest BCUT2D eigenvalue weighted by Crippen LogP contribution is -2.41. The van der Waals surface area contributed by atoms with Gasteiger partial charge in [-0.05, 0) is 57.2 Å². The summed E-state index contributed by atoms with van der Waals surface area (Å²) >= 11 is 0. The second-order valence-corrected chi connectivity index (χ2v) is 7.77. The molecule has 2 saturated heterocycles. The van der Waals surface area contributed by atoms with Gasteiger partial charge >= 0.3 is 6.03 Å². The second kappa shape index (κ2) is 8.56. The summed E-state index contributed by atoms with van der Waals surface area (Å²) < 4.78 is 0. The highest BCUT2D eigenvalue weighted by molar-refractivity contribution is 5.73. The summed E-state index contributed by atoms with van der Waals surface area (Å²) in [4.78, 5) is 17.0. The van der Waals surface area contributed by atoms with Crippen molar-refractivity contribution in [3.8, 4) is 0 Å². The Morgan fingerprint density at radius 2 is 1.68 bits per heavy atom. The van der Waals surface area contributed by atoms with Gasteiger partial charge in [0.1, 0.15) is 0 Å². The molecular weight excluding hydrogens is 312 g/mol. The Kier molecular flexibility index (Phi) is 6.19. The molecule has 1 aromatic carbocycles. The number of para-hydroxylation sites is 1. The SMILES string of the molecule is CC(C)N1CC[C@H](CNC(=O)NC[C@H]2CCN(c3ccccc3)C2)C1. The molecule has 5 nitrogen and oxygen atoms in total. The maximum absolute atomic E-state index is 12.1. The highest BCUT2D eigenvalue weighted by Crippen LogP contribution is 2.23. The molecule has 1 aromatic rings. The largest absolute Gasteiger partial charge is 0.371 e. The van der Waals surface area contributed by atoms with Gasteiger partial charge in [-0.1, -0.05) is 18.2 Å². The fourth-order valence-electron chi connectivity index (χ4n) is 3.91. The summed E-state index contributed by atoms with van der Waals surface area (Å²) in [6, 6.07) is 11.1. The number of benzene rings is 1. The van der Waals surface area contributed by atoms with Crippen molar-refractivity contribution in [2.45, 2.75) is 32.7 Å². The van der Waals surface area contributed by atoms with Crippen molar-refractivity contribution >= 4 is 11.7 Å². The highest BCUT2D eigenvalue weighted by atomic mass is 16.2. The molecule has 2 aliphatic heterocycles. The molecule has 2 N–H and O–H groups in total. The van der Waals surface area contributed by atoms with E-state index in [1.807, 2.05) is 6.07 Å². The van der Waals surface area contributed by atoms with E-state index in [0.29, 0.717) is 17.9 Å². The van der Waals surface area contributed by atoms with E-state index in [1.54, 1.807) is 0 Å². The topological polar surface area (TPSA) is 47.6 Å². The minimum absolute atomic E-state index is 0.0128. The first-order chi connectivity index (χ1) is 12.1. The molecule has 138 valence electrons. The van der Waals surface area contributed by atoms with Gasteiger partial charge in [0.2, 0.25) is 0 Å². The summed E-state index contributed by atoms with van der Waals surface area (Å²) in [5.74, 6) is 1.13. The Labute approximate surface area is 151 Å². The summed E-state index contributed by atoms with van der Waals surface area (Å²) in [5, 5.41) is 6.12. The standard InChI is InChI=1S/C20H32N4O/c1-16(2)23-10-8-17(14-23)12-21-20(25)22-13-18-9-11-24(15-18)19-6-4-3-5-7-19/h3-7,16-18H,8-15H2,1-2H3,(H2,21,22,25)/t17-,18-/m1/s1. The zero-order valence-corrected chi connectivity index (χ0v) is 15.6. The van der Waals surface area contributed by atoms with E-state index >= 15 is 0 Å². The third kappa shape index (κ3) is 5.11. The minimum Gasteiger partial charge on any atom is -0.371 e. The van der Waals surface area contributed by atoms with Crippen molar-refractivity contribution in [1.29, 1.82) is 0 Å². The molecule has 0 saturated carbocycles.